The number of ether oxygens (including phenoxy) is 1. The van der Waals surface area contributed by atoms with Gasteiger partial charge >= 0.3 is 0 Å². The minimum absolute atomic E-state index is 0.129. The van der Waals surface area contributed by atoms with E-state index in [2.05, 4.69) is 20.8 Å². The maximum absolute atomic E-state index is 13.7. The van der Waals surface area contributed by atoms with Gasteiger partial charge in [0, 0.05) is 45.1 Å². The second kappa shape index (κ2) is 10.1. The molecular weight excluding hydrogens is 568 g/mol. The van der Waals surface area contributed by atoms with Crippen molar-refractivity contribution in [2.24, 2.45) is 0 Å². The summed E-state index contributed by atoms with van der Waals surface area (Å²) in [6, 6.07) is 22.1. The van der Waals surface area contributed by atoms with E-state index >= 15 is 0 Å². The Labute approximate surface area is 230 Å². The highest BCUT2D eigenvalue weighted by Crippen LogP contribution is 2.35. The third-order valence-corrected chi connectivity index (χ3v) is 7.92. The van der Waals surface area contributed by atoms with Crippen molar-refractivity contribution >= 4 is 49.4 Å². The van der Waals surface area contributed by atoms with Crippen LogP contribution in [-0.4, -0.2) is 41.0 Å². The van der Waals surface area contributed by atoms with Crippen LogP contribution >= 0.6 is 27.3 Å². The highest BCUT2D eigenvalue weighted by molar-refractivity contribution is 9.10. The minimum Gasteiger partial charge on any atom is -0.378 e. The molecule has 190 valence electrons. The van der Waals surface area contributed by atoms with Gasteiger partial charge in [0.25, 0.3) is 11.2 Å². The van der Waals surface area contributed by atoms with E-state index in [-0.39, 0.29) is 11.4 Å². The normalized spacial score (nSPS) is 13.7. The van der Waals surface area contributed by atoms with Crippen LogP contribution < -0.4 is 10.5 Å². The van der Waals surface area contributed by atoms with Crippen molar-refractivity contribution in [2.45, 2.75) is 0 Å². The highest BCUT2D eigenvalue weighted by atomic mass is 79.9. The van der Waals surface area contributed by atoms with Gasteiger partial charge in [0.2, 0.25) is 0 Å². The molecule has 0 aliphatic carbocycles. The summed E-state index contributed by atoms with van der Waals surface area (Å²) < 4.78 is 7.49. The summed E-state index contributed by atoms with van der Waals surface area (Å²) in [6.45, 7) is 2.46. The summed E-state index contributed by atoms with van der Waals surface area (Å²) in [6.07, 6.45) is 0. The molecule has 0 spiro atoms. The largest absolute Gasteiger partial charge is 0.378 e. The lowest BCUT2D eigenvalue weighted by Gasteiger charge is -2.29. The van der Waals surface area contributed by atoms with Gasteiger partial charge in [0.15, 0.2) is 0 Å². The summed E-state index contributed by atoms with van der Waals surface area (Å²) >= 11 is 5.26. The molecule has 0 bridgehead atoms. The van der Waals surface area contributed by atoms with Gasteiger partial charge in [-0.15, -0.1) is 11.3 Å². The molecule has 3 aromatic carbocycles. The van der Waals surface area contributed by atoms with Crippen LogP contribution in [0.25, 0.3) is 38.2 Å². The summed E-state index contributed by atoms with van der Waals surface area (Å²) in [7, 11) is 0. The summed E-state index contributed by atoms with van der Waals surface area (Å²) in [4.78, 5) is 28.5. The van der Waals surface area contributed by atoms with E-state index in [0.717, 1.165) is 26.2 Å². The molecule has 0 unspecified atom stereocenters. The van der Waals surface area contributed by atoms with Crippen LogP contribution in [-0.2, 0) is 4.74 Å². The van der Waals surface area contributed by atoms with Crippen molar-refractivity contribution < 1.29 is 9.66 Å². The molecule has 0 saturated carbocycles. The topological polar surface area (TPSA) is 90.5 Å². The number of benzene rings is 3. The molecule has 1 fully saturated rings. The smallest absolute Gasteiger partial charge is 0.295 e. The van der Waals surface area contributed by atoms with E-state index < -0.39 is 10.5 Å². The lowest BCUT2D eigenvalue weighted by Crippen LogP contribution is -2.36. The van der Waals surface area contributed by atoms with E-state index in [1.54, 1.807) is 35.6 Å². The quantitative estimate of drug-likeness (QED) is 0.177. The fraction of sp³-hybridized carbons (Fsp3) is 0.143. The van der Waals surface area contributed by atoms with E-state index in [9.17, 15) is 14.9 Å². The van der Waals surface area contributed by atoms with Gasteiger partial charge < -0.3 is 9.64 Å². The summed E-state index contributed by atoms with van der Waals surface area (Å²) in [5, 5.41) is 20.0. The molecular formula is C28H21BrN4O4S. The maximum Gasteiger partial charge on any atom is 0.295 e. The number of hydrogen-bond donors (Lipinski definition) is 0. The van der Waals surface area contributed by atoms with Gasteiger partial charge in [0.1, 0.15) is 5.69 Å². The van der Waals surface area contributed by atoms with Crippen molar-refractivity contribution in [3.63, 3.8) is 0 Å². The van der Waals surface area contributed by atoms with Crippen LogP contribution in [0.4, 0.5) is 11.4 Å². The van der Waals surface area contributed by atoms with E-state index in [1.165, 1.54) is 10.7 Å². The zero-order chi connectivity index (χ0) is 26.2. The monoisotopic (exact) mass is 588 g/mol. The standard InChI is InChI=1S/C28H21BrN4O4S/c29-20-15-18(26-6-3-13-38-26)14-19(16-20)27-22-4-1-2-5-23(22)28(34)32(30-27)25-17-21(7-8-24(25)33(35)36)31-9-11-37-12-10-31/h1-8,13-17H,9-12H2. The number of anilines is 1. The number of rotatable bonds is 5. The Morgan fingerprint density at radius 2 is 1.71 bits per heavy atom. The van der Waals surface area contributed by atoms with Gasteiger partial charge in [-0.1, -0.05) is 40.2 Å². The number of fused-ring (bicyclic) bond motifs is 1. The van der Waals surface area contributed by atoms with Crippen LogP contribution in [0.1, 0.15) is 0 Å². The molecule has 0 amide bonds. The van der Waals surface area contributed by atoms with Crippen molar-refractivity contribution in [3.05, 3.63) is 103 Å². The van der Waals surface area contributed by atoms with Crippen molar-refractivity contribution in [1.29, 1.82) is 0 Å². The van der Waals surface area contributed by atoms with Crippen LogP contribution in [0.15, 0.2) is 87.4 Å². The third-order valence-electron chi connectivity index (χ3n) is 6.54. The van der Waals surface area contributed by atoms with E-state index in [4.69, 9.17) is 9.84 Å². The Bertz CT molecular complexity index is 1730. The average Bonchev–Trinajstić information content (AvgIpc) is 3.49. The maximum atomic E-state index is 13.7. The number of halogens is 1. The number of morpholine rings is 1. The lowest BCUT2D eigenvalue weighted by molar-refractivity contribution is -0.384. The fourth-order valence-corrected chi connectivity index (χ4v) is 5.94. The first kappa shape index (κ1) is 24.5. The van der Waals surface area contributed by atoms with Crippen molar-refractivity contribution in [2.75, 3.05) is 31.2 Å². The van der Waals surface area contributed by atoms with Crippen LogP contribution in [0.5, 0.6) is 0 Å². The Morgan fingerprint density at radius 1 is 0.947 bits per heavy atom. The average molecular weight is 589 g/mol. The van der Waals surface area contributed by atoms with E-state index in [0.29, 0.717) is 42.8 Å². The molecule has 0 N–H and O–H groups in total. The number of nitro benzene ring substituents is 1. The molecule has 6 rings (SSSR count). The number of aromatic nitrogens is 2. The van der Waals surface area contributed by atoms with Crippen LogP contribution in [0.2, 0.25) is 0 Å². The zero-order valence-corrected chi connectivity index (χ0v) is 22.4. The molecule has 1 aliphatic heterocycles. The van der Waals surface area contributed by atoms with Crippen molar-refractivity contribution in [1.82, 2.24) is 9.78 Å². The summed E-state index contributed by atoms with van der Waals surface area (Å²) in [5.74, 6) is 0. The first-order valence-electron chi connectivity index (χ1n) is 12.0. The SMILES string of the molecule is O=c1c2ccccc2c(-c2cc(Br)cc(-c3cccs3)c2)nn1-c1cc(N2CCOCC2)ccc1[N+](=O)[O-]. The Hall–Kier alpha value is -3.86. The summed E-state index contributed by atoms with van der Waals surface area (Å²) in [5.41, 5.74) is 2.66. The van der Waals surface area contributed by atoms with Gasteiger partial charge in [0.05, 0.1) is 29.2 Å². The first-order valence-corrected chi connectivity index (χ1v) is 13.7. The molecule has 0 atom stereocenters. The molecule has 38 heavy (non-hydrogen) atoms. The second-order valence-electron chi connectivity index (χ2n) is 8.85. The molecule has 2 aromatic heterocycles. The lowest BCUT2D eigenvalue weighted by atomic mass is 10.0. The van der Waals surface area contributed by atoms with Crippen molar-refractivity contribution in [3.8, 4) is 27.4 Å². The second-order valence-corrected chi connectivity index (χ2v) is 10.7. The Balaban J connectivity index is 1.61. The molecule has 8 nitrogen and oxygen atoms in total. The third kappa shape index (κ3) is 4.51. The number of nitrogens with zero attached hydrogens (tertiary/aromatic N) is 4. The fourth-order valence-electron chi connectivity index (χ4n) is 4.73. The highest BCUT2D eigenvalue weighted by Gasteiger charge is 2.23. The Kier molecular flexibility index (Phi) is 6.52. The number of nitro groups is 1. The van der Waals surface area contributed by atoms with Gasteiger partial charge in [-0.25, -0.2) is 0 Å². The van der Waals surface area contributed by atoms with Crippen LogP contribution in [0, 0.1) is 10.1 Å². The molecule has 1 saturated heterocycles. The molecule has 10 heteroatoms. The molecule has 1 aliphatic rings. The number of thiophene rings is 1. The molecule has 5 aromatic rings. The first-order chi connectivity index (χ1) is 18.5. The predicted molar refractivity (Wildman–Crippen MR) is 153 cm³/mol. The van der Waals surface area contributed by atoms with Crippen LogP contribution in [0.3, 0.4) is 0 Å². The van der Waals surface area contributed by atoms with Gasteiger partial charge in [-0.05, 0) is 53.4 Å². The Morgan fingerprint density at radius 3 is 2.45 bits per heavy atom. The van der Waals surface area contributed by atoms with Gasteiger partial charge in [-0.3, -0.25) is 14.9 Å². The van der Waals surface area contributed by atoms with Gasteiger partial charge in [-0.2, -0.15) is 9.78 Å². The number of hydrogen-bond acceptors (Lipinski definition) is 7. The zero-order valence-electron chi connectivity index (χ0n) is 20.0. The molecule has 0 radical (unpaired) electrons. The van der Waals surface area contributed by atoms with E-state index in [1.807, 2.05) is 47.8 Å². The predicted octanol–water partition coefficient (Wildman–Crippen LogP) is 6.29. The minimum atomic E-state index is -0.477. The molecule has 3 heterocycles.